The lowest BCUT2D eigenvalue weighted by Gasteiger charge is -2.10. The summed E-state index contributed by atoms with van der Waals surface area (Å²) in [6, 6.07) is 6.59. The molecule has 1 atom stereocenters. The summed E-state index contributed by atoms with van der Waals surface area (Å²) < 4.78 is 32.0. The van der Waals surface area contributed by atoms with Crippen molar-refractivity contribution in [2.24, 2.45) is 5.73 Å². The van der Waals surface area contributed by atoms with Gasteiger partial charge in [-0.2, -0.15) is 0 Å². The van der Waals surface area contributed by atoms with Gasteiger partial charge >= 0.3 is 5.97 Å². The maximum atomic E-state index is 13.3. The summed E-state index contributed by atoms with van der Waals surface area (Å²) in [6.07, 6.45) is -0.366. The molecule has 6 nitrogen and oxygen atoms in total. The lowest BCUT2D eigenvalue weighted by molar-refractivity contribution is -0.140. The molecule has 0 saturated carbocycles. The summed E-state index contributed by atoms with van der Waals surface area (Å²) in [5.41, 5.74) is 5.68. The van der Waals surface area contributed by atoms with E-state index in [0.717, 1.165) is 12.1 Å². The van der Waals surface area contributed by atoms with Crippen LogP contribution in [-0.4, -0.2) is 23.0 Å². The van der Waals surface area contributed by atoms with Crippen LogP contribution in [0.3, 0.4) is 0 Å². The third-order valence-electron chi connectivity index (χ3n) is 3.06. The zero-order valence-corrected chi connectivity index (χ0v) is 15.4. The highest BCUT2D eigenvalue weighted by Crippen LogP contribution is 2.32. The molecule has 1 unspecified atom stereocenters. The Hall–Kier alpha value is -2.23. The number of rotatable bonds is 6. The van der Waals surface area contributed by atoms with Crippen LogP contribution < -0.4 is 15.8 Å². The van der Waals surface area contributed by atoms with Gasteiger partial charge in [-0.25, -0.2) is 8.78 Å². The Morgan fingerprint density at radius 2 is 1.77 bits per heavy atom. The molecule has 1 amide bonds. The predicted octanol–water partition coefficient (Wildman–Crippen LogP) is 3.68. The second-order valence-electron chi connectivity index (χ2n) is 5.02. The third-order valence-corrected chi connectivity index (χ3v) is 3.68. The average Bonchev–Trinajstić information content (AvgIpc) is 2.54. The highest BCUT2D eigenvalue weighted by molar-refractivity contribution is 9.10. The van der Waals surface area contributed by atoms with E-state index < -0.39 is 29.6 Å². The largest absolute Gasteiger partial charge is 0.480 e. The van der Waals surface area contributed by atoms with Crippen molar-refractivity contribution in [1.29, 1.82) is 0 Å². The highest BCUT2D eigenvalue weighted by atomic mass is 79.9. The molecule has 2 rings (SSSR count). The summed E-state index contributed by atoms with van der Waals surface area (Å²) in [5, 5.41) is 11.1. The van der Waals surface area contributed by atoms with Gasteiger partial charge in [0.05, 0.1) is 10.9 Å². The smallest absolute Gasteiger partial charge is 0.321 e. The number of amides is 1. The molecule has 0 radical (unpaired) electrons. The molecule has 2 aromatic rings. The second kappa shape index (κ2) is 9.46. The number of benzene rings is 2. The van der Waals surface area contributed by atoms with Crippen LogP contribution in [0.2, 0.25) is 0 Å². The van der Waals surface area contributed by atoms with E-state index in [9.17, 15) is 18.4 Å². The van der Waals surface area contributed by atoms with Crippen molar-refractivity contribution < 1.29 is 28.2 Å². The zero-order valence-electron chi connectivity index (χ0n) is 13.0. The molecule has 0 spiro atoms. The Morgan fingerprint density at radius 3 is 2.35 bits per heavy atom. The topological polar surface area (TPSA) is 102 Å². The van der Waals surface area contributed by atoms with Gasteiger partial charge in [-0.3, -0.25) is 9.59 Å². The number of nitrogens with one attached hydrogen (secondary N) is 1. The molecule has 0 aliphatic carbocycles. The monoisotopic (exact) mass is 450 g/mol. The van der Waals surface area contributed by atoms with E-state index in [1.54, 1.807) is 0 Å². The lowest BCUT2D eigenvalue weighted by Crippen LogP contribution is -2.34. The van der Waals surface area contributed by atoms with Crippen molar-refractivity contribution in [3.63, 3.8) is 0 Å². The Kier molecular flexibility index (Phi) is 7.94. The number of carbonyl (C=O) groups excluding carboxylic acids is 1. The zero-order chi connectivity index (χ0) is 18.6. The van der Waals surface area contributed by atoms with E-state index in [1.165, 1.54) is 24.3 Å². The van der Waals surface area contributed by atoms with E-state index in [1.807, 2.05) is 0 Å². The first kappa shape index (κ1) is 21.8. The van der Waals surface area contributed by atoms with Gasteiger partial charge in [0.15, 0.2) is 11.6 Å². The van der Waals surface area contributed by atoms with E-state index in [2.05, 4.69) is 21.2 Å². The summed E-state index contributed by atoms with van der Waals surface area (Å²) in [4.78, 5) is 22.3. The van der Waals surface area contributed by atoms with Gasteiger partial charge in [-0.05, 0) is 46.3 Å². The van der Waals surface area contributed by atoms with Gasteiger partial charge in [0.2, 0.25) is 5.91 Å². The number of ether oxygens (including phenoxy) is 1. The highest BCUT2D eigenvalue weighted by Gasteiger charge is 2.16. The van der Waals surface area contributed by atoms with Gasteiger partial charge in [0, 0.05) is 11.8 Å². The Balaban J connectivity index is 0.00000338. The maximum absolute atomic E-state index is 13.3. The molecule has 0 saturated heterocycles. The first-order valence-electron chi connectivity index (χ1n) is 6.97. The predicted molar refractivity (Wildman–Crippen MR) is 96.7 cm³/mol. The van der Waals surface area contributed by atoms with Crippen molar-refractivity contribution in [2.45, 2.75) is 12.5 Å². The molecule has 4 N–H and O–H groups in total. The first-order valence-corrected chi connectivity index (χ1v) is 7.76. The molecule has 10 heteroatoms. The standard InChI is InChI=1S/C16H13BrF2N2O4.ClH/c17-10-5-11(18)12(19)6-14(10)25-9-3-1-8(2-4-9)21-15(22)7-13(20)16(23)24;/h1-6,13H,7,20H2,(H,21,22)(H,23,24);1H. The molecule has 0 aliphatic rings. The van der Waals surface area contributed by atoms with Crippen LogP contribution in [0.25, 0.3) is 0 Å². The maximum Gasteiger partial charge on any atom is 0.321 e. The second-order valence-corrected chi connectivity index (χ2v) is 5.87. The molecule has 0 bridgehead atoms. The van der Waals surface area contributed by atoms with Crippen molar-refractivity contribution in [1.82, 2.24) is 0 Å². The van der Waals surface area contributed by atoms with Crippen molar-refractivity contribution >= 4 is 45.9 Å². The molecule has 0 fully saturated rings. The first-order chi connectivity index (χ1) is 11.8. The number of anilines is 1. The number of carboxylic acids is 1. The van der Waals surface area contributed by atoms with Crippen LogP contribution in [0, 0.1) is 11.6 Å². The summed E-state index contributed by atoms with van der Waals surface area (Å²) in [6.45, 7) is 0. The number of nitrogens with two attached hydrogens (primary N) is 1. The van der Waals surface area contributed by atoms with Gasteiger partial charge in [-0.1, -0.05) is 0 Å². The molecule has 0 aliphatic heterocycles. The molecule has 2 aromatic carbocycles. The van der Waals surface area contributed by atoms with E-state index >= 15 is 0 Å². The molecule has 0 heterocycles. The summed E-state index contributed by atoms with van der Waals surface area (Å²) in [7, 11) is 0. The SMILES string of the molecule is Cl.NC(CC(=O)Nc1ccc(Oc2cc(F)c(F)cc2Br)cc1)C(=O)O. The van der Waals surface area contributed by atoms with E-state index in [0.29, 0.717) is 11.4 Å². The minimum absolute atomic E-state index is 0. The fourth-order valence-electron chi connectivity index (χ4n) is 1.81. The minimum atomic E-state index is -1.28. The Morgan fingerprint density at radius 1 is 1.19 bits per heavy atom. The van der Waals surface area contributed by atoms with Crippen LogP contribution in [0.15, 0.2) is 40.9 Å². The molecule has 140 valence electrons. The summed E-state index contributed by atoms with van der Waals surface area (Å²) >= 11 is 3.07. The number of carboxylic acid groups (broad SMARTS) is 1. The third kappa shape index (κ3) is 5.94. The van der Waals surface area contributed by atoms with Crippen molar-refractivity contribution in [2.75, 3.05) is 5.32 Å². The number of hydrogen-bond donors (Lipinski definition) is 3. The van der Waals surface area contributed by atoms with Crippen molar-refractivity contribution in [3.8, 4) is 11.5 Å². The molecular formula is C16H14BrClF2N2O4. The molecule has 0 aromatic heterocycles. The quantitative estimate of drug-likeness (QED) is 0.582. The number of aliphatic carboxylic acids is 1. The fourth-order valence-corrected chi connectivity index (χ4v) is 2.21. The number of hydrogen-bond acceptors (Lipinski definition) is 4. The fraction of sp³-hybridized carbons (Fsp3) is 0.125. The van der Waals surface area contributed by atoms with Crippen LogP contribution in [-0.2, 0) is 9.59 Å². The van der Waals surface area contributed by atoms with Crippen LogP contribution in [0.1, 0.15) is 6.42 Å². The van der Waals surface area contributed by atoms with Crippen LogP contribution >= 0.6 is 28.3 Å². The summed E-state index contributed by atoms with van der Waals surface area (Å²) in [5.74, 6) is -3.45. The van der Waals surface area contributed by atoms with Gasteiger partial charge in [0.1, 0.15) is 17.5 Å². The van der Waals surface area contributed by atoms with Crippen LogP contribution in [0.5, 0.6) is 11.5 Å². The van der Waals surface area contributed by atoms with Gasteiger partial charge < -0.3 is 20.9 Å². The molecular weight excluding hydrogens is 438 g/mol. The van der Waals surface area contributed by atoms with Gasteiger partial charge in [-0.15, -0.1) is 12.4 Å². The van der Waals surface area contributed by atoms with Crippen LogP contribution in [0.4, 0.5) is 14.5 Å². The Labute approximate surface area is 161 Å². The van der Waals surface area contributed by atoms with E-state index in [-0.39, 0.29) is 29.1 Å². The van der Waals surface area contributed by atoms with E-state index in [4.69, 9.17) is 15.6 Å². The number of carbonyl (C=O) groups is 2. The van der Waals surface area contributed by atoms with Crippen molar-refractivity contribution in [3.05, 3.63) is 52.5 Å². The van der Waals surface area contributed by atoms with Gasteiger partial charge in [0.25, 0.3) is 0 Å². The minimum Gasteiger partial charge on any atom is -0.480 e. The molecule has 26 heavy (non-hydrogen) atoms. The average molecular weight is 452 g/mol. The Bertz CT molecular complexity index is 806. The lowest BCUT2D eigenvalue weighted by atomic mass is 10.2. The number of halogens is 4. The normalized spacial score (nSPS) is 11.2.